The van der Waals surface area contributed by atoms with Gasteiger partial charge in [0.2, 0.25) is 0 Å². The highest BCUT2D eigenvalue weighted by Gasteiger charge is 2.24. The SMILES string of the molecule is N=S(=O)(/C=C/CNC(=O)c1cc2c([nH]c1=O)CCN(C(=O)OCCF)C2)c1ccccc1. The van der Waals surface area contributed by atoms with E-state index in [4.69, 9.17) is 9.52 Å². The van der Waals surface area contributed by atoms with Crippen molar-refractivity contribution in [3.63, 3.8) is 0 Å². The first-order chi connectivity index (χ1) is 15.3. The molecule has 1 aromatic heterocycles. The molecular weight excluding hydrogens is 439 g/mol. The van der Waals surface area contributed by atoms with E-state index in [-0.39, 0.29) is 25.3 Å². The van der Waals surface area contributed by atoms with Crippen LogP contribution in [0.3, 0.4) is 0 Å². The summed E-state index contributed by atoms with van der Waals surface area (Å²) in [6, 6.07) is 9.71. The van der Waals surface area contributed by atoms with Gasteiger partial charge in [-0.2, -0.15) is 0 Å². The molecule has 0 bridgehead atoms. The van der Waals surface area contributed by atoms with Crippen LogP contribution in [0.4, 0.5) is 9.18 Å². The molecular formula is C21H23FN4O5S. The van der Waals surface area contributed by atoms with Crippen LogP contribution >= 0.6 is 0 Å². The van der Waals surface area contributed by atoms with Gasteiger partial charge in [0.25, 0.3) is 11.5 Å². The summed E-state index contributed by atoms with van der Waals surface area (Å²) in [5.74, 6) is -0.646. The van der Waals surface area contributed by atoms with E-state index in [0.717, 1.165) is 0 Å². The predicted octanol–water partition coefficient (Wildman–Crippen LogP) is 2.19. The minimum Gasteiger partial charge on any atom is -0.447 e. The normalized spacial score (nSPS) is 15.1. The van der Waals surface area contributed by atoms with Crippen molar-refractivity contribution < 1.29 is 22.9 Å². The highest BCUT2D eigenvalue weighted by Crippen LogP contribution is 2.17. The number of aromatic amines is 1. The van der Waals surface area contributed by atoms with E-state index in [9.17, 15) is 23.0 Å². The fourth-order valence-electron chi connectivity index (χ4n) is 3.18. The van der Waals surface area contributed by atoms with E-state index in [1.54, 1.807) is 30.3 Å². The molecule has 2 amide bonds. The van der Waals surface area contributed by atoms with Gasteiger partial charge in [0.05, 0.1) is 21.2 Å². The molecule has 0 saturated carbocycles. The lowest BCUT2D eigenvalue weighted by molar-refractivity contribution is 0.0918. The first kappa shape index (κ1) is 23.2. The van der Waals surface area contributed by atoms with Gasteiger partial charge in [0.1, 0.15) is 18.8 Å². The topological polar surface area (TPSA) is 132 Å². The number of H-pyrrole nitrogens is 1. The molecule has 0 spiro atoms. The van der Waals surface area contributed by atoms with Crippen LogP contribution in [0.15, 0.2) is 57.6 Å². The summed E-state index contributed by atoms with van der Waals surface area (Å²) in [6.07, 6.45) is 1.11. The standard InChI is InChI=1S/C21H23FN4O5S/c22-8-11-31-21(29)26-10-7-18-15(14-26)13-17(20(28)25-18)19(27)24-9-4-12-32(23,30)16-5-2-1-3-6-16/h1-6,12-13,23H,7-11,14H2,(H,24,27)(H,25,28)/b12-4+. The summed E-state index contributed by atoms with van der Waals surface area (Å²) in [5.41, 5.74) is 0.517. The lowest BCUT2D eigenvalue weighted by Gasteiger charge is -2.27. The molecule has 1 aliphatic rings. The van der Waals surface area contributed by atoms with Gasteiger partial charge in [-0.25, -0.2) is 18.2 Å². The summed E-state index contributed by atoms with van der Waals surface area (Å²) >= 11 is 0. The Balaban J connectivity index is 1.65. The number of aromatic nitrogens is 1. The predicted molar refractivity (Wildman–Crippen MR) is 116 cm³/mol. The maximum absolute atomic E-state index is 12.5. The third-order valence-corrected chi connectivity index (χ3v) is 6.32. The number of fused-ring (bicyclic) bond motifs is 1. The smallest absolute Gasteiger partial charge is 0.410 e. The summed E-state index contributed by atoms with van der Waals surface area (Å²) in [4.78, 5) is 41.1. The number of carbonyl (C=O) groups excluding carboxylic acids is 2. The Hall–Kier alpha value is -3.47. The van der Waals surface area contributed by atoms with Gasteiger partial charge >= 0.3 is 6.09 Å². The van der Waals surface area contributed by atoms with Crippen molar-refractivity contribution in [3.05, 3.63) is 75.1 Å². The van der Waals surface area contributed by atoms with E-state index >= 15 is 0 Å². The van der Waals surface area contributed by atoms with Gasteiger partial charge in [-0.1, -0.05) is 24.3 Å². The minimum atomic E-state index is -3.14. The number of halogens is 1. The third-order valence-electron chi connectivity index (χ3n) is 4.78. The maximum atomic E-state index is 12.5. The average Bonchev–Trinajstić information content (AvgIpc) is 2.80. The fraction of sp³-hybridized carbons (Fsp3) is 0.286. The van der Waals surface area contributed by atoms with Crippen LogP contribution in [-0.2, 0) is 27.4 Å². The van der Waals surface area contributed by atoms with Crippen LogP contribution < -0.4 is 10.9 Å². The zero-order chi connectivity index (χ0) is 23.1. The molecule has 1 aromatic carbocycles. The number of hydrogen-bond donors (Lipinski definition) is 3. The fourth-order valence-corrected chi connectivity index (χ4v) is 4.27. The molecule has 0 aliphatic carbocycles. The highest BCUT2D eigenvalue weighted by atomic mass is 32.2. The number of nitrogens with zero attached hydrogens (tertiary/aromatic N) is 1. The number of hydrogen-bond acceptors (Lipinski definition) is 6. The van der Waals surface area contributed by atoms with Crippen molar-refractivity contribution in [3.8, 4) is 0 Å². The Bertz CT molecular complexity index is 1180. The Morgan fingerprint density at radius 1 is 1.31 bits per heavy atom. The van der Waals surface area contributed by atoms with Crippen molar-refractivity contribution in [1.29, 1.82) is 4.78 Å². The molecule has 170 valence electrons. The summed E-state index contributed by atoms with van der Waals surface area (Å²) in [7, 11) is -3.14. The van der Waals surface area contributed by atoms with Crippen LogP contribution in [0, 0.1) is 4.78 Å². The Morgan fingerprint density at radius 2 is 2.06 bits per heavy atom. The zero-order valence-electron chi connectivity index (χ0n) is 17.1. The third kappa shape index (κ3) is 5.61. The second kappa shape index (κ2) is 10.2. The summed E-state index contributed by atoms with van der Waals surface area (Å²) in [6.45, 7) is -0.708. The molecule has 1 aliphatic heterocycles. The lowest BCUT2D eigenvalue weighted by atomic mass is 10.0. The van der Waals surface area contributed by atoms with Crippen molar-refractivity contribution in [2.45, 2.75) is 17.9 Å². The Kier molecular flexibility index (Phi) is 7.41. The molecule has 0 saturated heterocycles. The van der Waals surface area contributed by atoms with Crippen LogP contribution in [0.25, 0.3) is 0 Å². The number of alkyl halides is 1. The van der Waals surface area contributed by atoms with E-state index in [1.165, 1.54) is 22.5 Å². The molecule has 3 rings (SSSR count). The number of carbonyl (C=O) groups is 2. The summed E-state index contributed by atoms with van der Waals surface area (Å²) < 4.78 is 37.4. The number of benzene rings is 1. The second-order valence-electron chi connectivity index (χ2n) is 6.99. The van der Waals surface area contributed by atoms with Crippen molar-refractivity contribution in [2.24, 2.45) is 0 Å². The highest BCUT2D eigenvalue weighted by molar-refractivity contribution is 7.95. The largest absolute Gasteiger partial charge is 0.447 e. The molecule has 11 heteroatoms. The molecule has 2 aromatic rings. The number of amides is 2. The Labute approximate surface area is 184 Å². The monoisotopic (exact) mass is 462 g/mol. The van der Waals surface area contributed by atoms with Crippen molar-refractivity contribution >= 4 is 21.7 Å². The number of pyridine rings is 1. The molecule has 32 heavy (non-hydrogen) atoms. The number of nitrogens with one attached hydrogen (secondary N) is 3. The quantitative estimate of drug-likeness (QED) is 0.580. The van der Waals surface area contributed by atoms with Gasteiger partial charge in [-0.05, 0) is 23.8 Å². The van der Waals surface area contributed by atoms with E-state index in [2.05, 4.69) is 10.3 Å². The van der Waals surface area contributed by atoms with Crippen molar-refractivity contribution in [2.75, 3.05) is 26.4 Å². The zero-order valence-corrected chi connectivity index (χ0v) is 18.0. The van der Waals surface area contributed by atoms with Gasteiger partial charge in [-0.3, -0.25) is 9.59 Å². The van der Waals surface area contributed by atoms with Gasteiger partial charge < -0.3 is 19.9 Å². The lowest BCUT2D eigenvalue weighted by Crippen LogP contribution is -2.39. The number of rotatable bonds is 7. The van der Waals surface area contributed by atoms with Gasteiger partial charge in [0, 0.05) is 30.6 Å². The average molecular weight is 463 g/mol. The van der Waals surface area contributed by atoms with Crippen LogP contribution in [-0.4, -0.2) is 52.5 Å². The maximum Gasteiger partial charge on any atom is 0.410 e. The molecule has 3 N–H and O–H groups in total. The molecule has 9 nitrogen and oxygen atoms in total. The van der Waals surface area contributed by atoms with Crippen LogP contribution in [0.2, 0.25) is 0 Å². The molecule has 0 radical (unpaired) electrons. The van der Waals surface area contributed by atoms with Crippen LogP contribution in [0.5, 0.6) is 0 Å². The van der Waals surface area contributed by atoms with E-state index in [1.807, 2.05) is 0 Å². The van der Waals surface area contributed by atoms with E-state index in [0.29, 0.717) is 29.1 Å². The second-order valence-corrected chi connectivity index (χ2v) is 8.93. The molecule has 0 fully saturated rings. The molecule has 2 heterocycles. The van der Waals surface area contributed by atoms with Gasteiger partial charge in [-0.15, -0.1) is 0 Å². The summed E-state index contributed by atoms with van der Waals surface area (Å²) in [5, 5.41) is 3.74. The minimum absolute atomic E-state index is 0.0280. The Morgan fingerprint density at radius 3 is 2.78 bits per heavy atom. The first-order valence-electron chi connectivity index (χ1n) is 9.83. The molecule has 1 unspecified atom stereocenters. The first-order valence-corrected chi connectivity index (χ1v) is 11.5. The number of ether oxygens (including phenoxy) is 1. The van der Waals surface area contributed by atoms with Crippen LogP contribution in [0.1, 0.15) is 21.6 Å². The van der Waals surface area contributed by atoms with E-state index < -0.39 is 34.0 Å². The molecule has 1 atom stereocenters. The van der Waals surface area contributed by atoms with Crippen molar-refractivity contribution in [1.82, 2.24) is 15.2 Å². The van der Waals surface area contributed by atoms with Gasteiger partial charge in [0.15, 0.2) is 0 Å².